The predicted molar refractivity (Wildman–Crippen MR) is 86.2 cm³/mol. The fourth-order valence-electron chi connectivity index (χ4n) is 2.99. The minimum absolute atomic E-state index is 0.764. The van der Waals surface area contributed by atoms with Crippen molar-refractivity contribution in [2.75, 3.05) is 31.2 Å². The molecule has 22 heavy (non-hydrogen) atoms. The SMILES string of the molecule is Cc1nc2ccccn2c1-c1ccnc(N2CCOCC2)c1. The molecule has 3 aromatic heterocycles. The quantitative estimate of drug-likeness (QED) is 0.728. The lowest BCUT2D eigenvalue weighted by atomic mass is 10.1. The molecule has 5 nitrogen and oxygen atoms in total. The van der Waals surface area contributed by atoms with E-state index in [0.29, 0.717) is 0 Å². The third-order valence-electron chi connectivity index (χ3n) is 4.06. The minimum Gasteiger partial charge on any atom is -0.378 e. The van der Waals surface area contributed by atoms with Crippen LogP contribution in [0.1, 0.15) is 5.69 Å². The molecule has 0 unspecified atom stereocenters. The van der Waals surface area contributed by atoms with Crippen molar-refractivity contribution < 1.29 is 4.74 Å². The van der Waals surface area contributed by atoms with Gasteiger partial charge in [0.25, 0.3) is 0 Å². The van der Waals surface area contributed by atoms with Gasteiger partial charge in [-0.2, -0.15) is 0 Å². The van der Waals surface area contributed by atoms with Gasteiger partial charge in [-0.05, 0) is 31.2 Å². The highest BCUT2D eigenvalue weighted by molar-refractivity contribution is 5.69. The molecule has 3 aromatic rings. The van der Waals surface area contributed by atoms with E-state index in [1.54, 1.807) is 0 Å². The van der Waals surface area contributed by atoms with Crippen molar-refractivity contribution in [3.63, 3.8) is 0 Å². The van der Waals surface area contributed by atoms with Gasteiger partial charge >= 0.3 is 0 Å². The first kappa shape index (κ1) is 13.3. The molecule has 1 fully saturated rings. The number of pyridine rings is 2. The van der Waals surface area contributed by atoms with Crippen LogP contribution in [0.15, 0.2) is 42.7 Å². The highest BCUT2D eigenvalue weighted by Crippen LogP contribution is 2.27. The van der Waals surface area contributed by atoms with Gasteiger partial charge in [0.2, 0.25) is 0 Å². The number of aryl methyl sites for hydroxylation is 1. The number of morpholine rings is 1. The first-order chi connectivity index (χ1) is 10.8. The summed E-state index contributed by atoms with van der Waals surface area (Å²) >= 11 is 0. The van der Waals surface area contributed by atoms with Crippen LogP contribution in [0, 0.1) is 6.92 Å². The van der Waals surface area contributed by atoms with Crippen LogP contribution < -0.4 is 4.90 Å². The number of hydrogen-bond donors (Lipinski definition) is 0. The predicted octanol–water partition coefficient (Wildman–Crippen LogP) is 2.54. The van der Waals surface area contributed by atoms with Gasteiger partial charge in [-0.15, -0.1) is 0 Å². The van der Waals surface area contributed by atoms with Crippen LogP contribution in [0.25, 0.3) is 16.9 Å². The van der Waals surface area contributed by atoms with Crippen LogP contribution in [0.3, 0.4) is 0 Å². The van der Waals surface area contributed by atoms with E-state index in [-0.39, 0.29) is 0 Å². The monoisotopic (exact) mass is 294 g/mol. The highest BCUT2D eigenvalue weighted by atomic mass is 16.5. The van der Waals surface area contributed by atoms with E-state index in [2.05, 4.69) is 38.5 Å². The van der Waals surface area contributed by atoms with Crippen LogP contribution in [-0.4, -0.2) is 40.7 Å². The second-order valence-electron chi connectivity index (χ2n) is 5.48. The summed E-state index contributed by atoms with van der Waals surface area (Å²) in [5.41, 5.74) is 4.28. The Balaban J connectivity index is 1.80. The average Bonchev–Trinajstić information content (AvgIpc) is 2.91. The molecule has 0 aromatic carbocycles. The number of aromatic nitrogens is 3. The molecule has 1 aliphatic heterocycles. The second-order valence-corrected chi connectivity index (χ2v) is 5.48. The number of fused-ring (bicyclic) bond motifs is 1. The lowest BCUT2D eigenvalue weighted by molar-refractivity contribution is 0.122. The van der Waals surface area contributed by atoms with Crippen LogP contribution in [0.5, 0.6) is 0 Å². The molecule has 4 rings (SSSR count). The average molecular weight is 294 g/mol. The van der Waals surface area contributed by atoms with Crippen LogP contribution in [0.2, 0.25) is 0 Å². The summed E-state index contributed by atoms with van der Waals surface area (Å²) in [5.74, 6) is 1.01. The van der Waals surface area contributed by atoms with Crippen LogP contribution >= 0.6 is 0 Å². The fraction of sp³-hybridized carbons (Fsp3) is 0.294. The maximum absolute atomic E-state index is 5.42. The molecule has 0 N–H and O–H groups in total. The Morgan fingerprint density at radius 2 is 2.00 bits per heavy atom. The molecular formula is C17H18N4O. The van der Waals surface area contributed by atoms with E-state index < -0.39 is 0 Å². The molecule has 0 aliphatic carbocycles. The maximum Gasteiger partial charge on any atom is 0.137 e. The smallest absolute Gasteiger partial charge is 0.137 e. The molecule has 5 heteroatoms. The zero-order valence-electron chi connectivity index (χ0n) is 12.6. The Morgan fingerprint density at radius 1 is 1.14 bits per heavy atom. The summed E-state index contributed by atoms with van der Waals surface area (Å²) in [6.07, 6.45) is 3.93. The summed E-state index contributed by atoms with van der Waals surface area (Å²) in [7, 11) is 0. The van der Waals surface area contributed by atoms with Crippen molar-refractivity contribution in [1.29, 1.82) is 0 Å². The van der Waals surface area contributed by atoms with E-state index in [0.717, 1.165) is 54.7 Å². The van der Waals surface area contributed by atoms with Crippen molar-refractivity contribution in [2.24, 2.45) is 0 Å². The van der Waals surface area contributed by atoms with Gasteiger partial charge in [0.1, 0.15) is 11.5 Å². The van der Waals surface area contributed by atoms with Gasteiger partial charge < -0.3 is 9.64 Å². The van der Waals surface area contributed by atoms with Gasteiger partial charge in [-0.1, -0.05) is 6.07 Å². The normalized spacial score (nSPS) is 15.4. The molecule has 0 spiro atoms. The van der Waals surface area contributed by atoms with Gasteiger partial charge in [0.05, 0.1) is 24.6 Å². The molecule has 112 valence electrons. The van der Waals surface area contributed by atoms with Crippen molar-refractivity contribution in [1.82, 2.24) is 14.4 Å². The Morgan fingerprint density at radius 3 is 2.86 bits per heavy atom. The van der Waals surface area contributed by atoms with E-state index in [1.165, 1.54) is 0 Å². The van der Waals surface area contributed by atoms with Gasteiger partial charge in [-0.25, -0.2) is 9.97 Å². The van der Waals surface area contributed by atoms with E-state index >= 15 is 0 Å². The number of ether oxygens (including phenoxy) is 1. The molecule has 1 saturated heterocycles. The van der Waals surface area contributed by atoms with Crippen molar-refractivity contribution >= 4 is 11.5 Å². The van der Waals surface area contributed by atoms with E-state index in [1.807, 2.05) is 30.5 Å². The fourth-order valence-corrected chi connectivity index (χ4v) is 2.99. The lowest BCUT2D eigenvalue weighted by Crippen LogP contribution is -2.36. The first-order valence-electron chi connectivity index (χ1n) is 7.56. The zero-order valence-corrected chi connectivity index (χ0v) is 12.6. The third kappa shape index (κ3) is 2.23. The summed E-state index contributed by atoms with van der Waals surface area (Å²) in [6.45, 7) is 5.36. The molecular weight excluding hydrogens is 276 g/mol. The van der Waals surface area contributed by atoms with Gasteiger partial charge in [-0.3, -0.25) is 4.40 Å². The Labute approximate surface area is 129 Å². The Bertz CT molecular complexity index is 805. The Kier molecular flexibility index (Phi) is 3.27. The minimum atomic E-state index is 0.764. The summed E-state index contributed by atoms with van der Waals surface area (Å²) in [5, 5.41) is 0. The number of hydrogen-bond acceptors (Lipinski definition) is 4. The number of rotatable bonds is 2. The molecule has 0 atom stereocenters. The lowest BCUT2D eigenvalue weighted by Gasteiger charge is -2.28. The van der Waals surface area contributed by atoms with E-state index in [4.69, 9.17) is 4.74 Å². The van der Waals surface area contributed by atoms with Crippen molar-refractivity contribution in [2.45, 2.75) is 6.92 Å². The topological polar surface area (TPSA) is 42.7 Å². The first-order valence-corrected chi connectivity index (χ1v) is 7.56. The number of imidazole rings is 1. The Hall–Kier alpha value is -2.40. The molecule has 4 heterocycles. The molecule has 1 aliphatic rings. The van der Waals surface area contributed by atoms with Gasteiger partial charge in [0.15, 0.2) is 0 Å². The molecule has 0 radical (unpaired) electrons. The highest BCUT2D eigenvalue weighted by Gasteiger charge is 2.15. The van der Waals surface area contributed by atoms with Crippen molar-refractivity contribution in [3.05, 3.63) is 48.4 Å². The number of nitrogens with zero attached hydrogens (tertiary/aromatic N) is 4. The molecule has 0 amide bonds. The summed E-state index contributed by atoms with van der Waals surface area (Å²) in [6, 6.07) is 10.3. The second kappa shape index (κ2) is 5.42. The number of anilines is 1. The van der Waals surface area contributed by atoms with Gasteiger partial charge in [0, 0.05) is 31.0 Å². The van der Waals surface area contributed by atoms with Crippen LogP contribution in [-0.2, 0) is 4.74 Å². The van der Waals surface area contributed by atoms with Crippen LogP contribution in [0.4, 0.5) is 5.82 Å². The third-order valence-corrected chi connectivity index (χ3v) is 4.06. The molecule has 0 saturated carbocycles. The summed E-state index contributed by atoms with van der Waals surface area (Å²) < 4.78 is 7.55. The molecule has 0 bridgehead atoms. The standard InChI is InChI=1S/C17H18N4O/c1-13-17(21-7-3-2-4-15(21)19-13)14-5-6-18-16(12-14)20-8-10-22-11-9-20/h2-7,12H,8-11H2,1H3. The maximum atomic E-state index is 5.42. The van der Waals surface area contributed by atoms with Crippen molar-refractivity contribution in [3.8, 4) is 11.3 Å². The zero-order chi connectivity index (χ0) is 14.9. The van der Waals surface area contributed by atoms with E-state index in [9.17, 15) is 0 Å². The summed E-state index contributed by atoms with van der Waals surface area (Å²) in [4.78, 5) is 11.4. The largest absolute Gasteiger partial charge is 0.378 e.